The summed E-state index contributed by atoms with van der Waals surface area (Å²) in [6, 6.07) is 23.3. The number of aromatic hydroxyl groups is 2. The monoisotopic (exact) mass is 344 g/mol. The van der Waals surface area contributed by atoms with Crippen molar-refractivity contribution in [2.45, 2.75) is 26.7 Å². The standard InChI is InChI=1S/C24H24O2/c1-17(15-19-7-11-21(25)12-8-19)23-5-3-4-6-24(23)18(2)16-20-9-13-22(26)14-10-20/h3-14,25-26H,15-16H2,1-2H3. The molecule has 0 spiro atoms. The van der Waals surface area contributed by atoms with Gasteiger partial charge in [-0.2, -0.15) is 0 Å². The van der Waals surface area contributed by atoms with Crippen molar-refractivity contribution in [2.24, 2.45) is 0 Å². The highest BCUT2D eigenvalue weighted by Gasteiger charge is 2.01. The van der Waals surface area contributed by atoms with Crippen LogP contribution in [-0.4, -0.2) is 10.2 Å². The highest BCUT2D eigenvalue weighted by molar-refractivity contribution is 5.53. The molecule has 0 aliphatic heterocycles. The van der Waals surface area contributed by atoms with Crippen LogP contribution in [0.3, 0.4) is 0 Å². The van der Waals surface area contributed by atoms with Gasteiger partial charge in [0.2, 0.25) is 0 Å². The van der Waals surface area contributed by atoms with E-state index in [-0.39, 0.29) is 0 Å². The Hall–Kier alpha value is -3.00. The van der Waals surface area contributed by atoms with E-state index in [4.69, 9.17) is 0 Å². The van der Waals surface area contributed by atoms with Crippen LogP contribution in [0.1, 0.15) is 25.0 Å². The Bertz CT molecular complexity index is 913. The van der Waals surface area contributed by atoms with Gasteiger partial charge in [0.15, 0.2) is 0 Å². The Labute approximate surface area is 154 Å². The Morgan fingerprint density at radius 1 is 0.577 bits per heavy atom. The van der Waals surface area contributed by atoms with E-state index in [0.29, 0.717) is 11.5 Å². The average molecular weight is 344 g/mol. The molecule has 2 nitrogen and oxygen atoms in total. The summed E-state index contributed by atoms with van der Waals surface area (Å²) in [6.07, 6.45) is 1.70. The molecule has 0 fully saturated rings. The van der Waals surface area contributed by atoms with Crippen molar-refractivity contribution >= 4 is 11.1 Å². The normalized spacial score (nSPS) is 13.3. The van der Waals surface area contributed by atoms with Gasteiger partial charge in [-0.25, -0.2) is 0 Å². The largest absolute Gasteiger partial charge is 0.508 e. The summed E-state index contributed by atoms with van der Waals surface area (Å²) in [7, 11) is 0. The first-order valence-electron chi connectivity index (χ1n) is 8.83. The minimum atomic E-state index is 0.296. The lowest BCUT2D eigenvalue weighted by molar-refractivity contribution is 0.474. The third kappa shape index (κ3) is 4.34. The summed E-state index contributed by atoms with van der Waals surface area (Å²) in [6.45, 7) is 4.33. The molecule has 0 bridgehead atoms. The van der Waals surface area contributed by atoms with Gasteiger partial charge in [0, 0.05) is 0 Å². The van der Waals surface area contributed by atoms with Crippen molar-refractivity contribution < 1.29 is 10.2 Å². The maximum atomic E-state index is 9.46. The second-order valence-electron chi connectivity index (χ2n) is 6.79. The Morgan fingerprint density at radius 3 is 1.27 bits per heavy atom. The van der Waals surface area contributed by atoms with Gasteiger partial charge in [-0.3, -0.25) is 0 Å². The SMILES string of the molecule is CC(Cc1ccc(O)cc1)=c1ccccc1=C(C)Cc1ccc(O)cc1. The van der Waals surface area contributed by atoms with E-state index in [1.165, 1.54) is 32.7 Å². The molecule has 3 aromatic carbocycles. The maximum Gasteiger partial charge on any atom is 0.115 e. The Balaban J connectivity index is 2.00. The molecule has 2 N–H and O–H groups in total. The van der Waals surface area contributed by atoms with E-state index in [0.717, 1.165) is 12.8 Å². The number of phenolic OH excluding ortho intramolecular Hbond substituents is 2. The van der Waals surface area contributed by atoms with Gasteiger partial charge in [0.1, 0.15) is 11.5 Å². The molecule has 0 amide bonds. The fraction of sp³-hybridized carbons (Fsp3) is 0.167. The van der Waals surface area contributed by atoms with E-state index in [9.17, 15) is 10.2 Å². The van der Waals surface area contributed by atoms with Gasteiger partial charge in [-0.1, -0.05) is 59.7 Å². The lowest BCUT2D eigenvalue weighted by Crippen LogP contribution is -2.29. The number of hydrogen-bond acceptors (Lipinski definition) is 2. The van der Waals surface area contributed by atoms with E-state index in [1.54, 1.807) is 24.3 Å². The average Bonchev–Trinajstić information content (AvgIpc) is 2.65. The van der Waals surface area contributed by atoms with Crippen LogP contribution in [0.2, 0.25) is 0 Å². The van der Waals surface area contributed by atoms with Crippen molar-refractivity contribution in [1.29, 1.82) is 0 Å². The molecular weight excluding hydrogens is 320 g/mol. The quantitative estimate of drug-likeness (QED) is 0.753. The molecule has 0 aromatic heterocycles. The van der Waals surface area contributed by atoms with Crippen LogP contribution in [0.15, 0.2) is 72.8 Å². The number of rotatable bonds is 4. The predicted molar refractivity (Wildman–Crippen MR) is 107 cm³/mol. The molecule has 3 aromatic rings. The van der Waals surface area contributed by atoms with Crippen LogP contribution in [0.4, 0.5) is 0 Å². The number of hydrogen-bond donors (Lipinski definition) is 2. The predicted octanol–water partition coefficient (Wildman–Crippen LogP) is 3.92. The first kappa shape index (κ1) is 17.8. The van der Waals surface area contributed by atoms with Crippen molar-refractivity contribution in [3.63, 3.8) is 0 Å². The summed E-state index contributed by atoms with van der Waals surface area (Å²) in [5.74, 6) is 0.592. The van der Waals surface area contributed by atoms with Gasteiger partial charge in [0.05, 0.1) is 0 Å². The molecule has 2 heteroatoms. The molecule has 0 aliphatic rings. The van der Waals surface area contributed by atoms with Crippen LogP contribution >= 0.6 is 0 Å². The number of phenols is 2. The molecule has 0 saturated heterocycles. The van der Waals surface area contributed by atoms with Crippen LogP contribution < -0.4 is 10.4 Å². The highest BCUT2D eigenvalue weighted by atomic mass is 16.3. The molecule has 132 valence electrons. The molecule has 0 heterocycles. The molecule has 0 unspecified atom stereocenters. The molecule has 0 aliphatic carbocycles. The van der Waals surface area contributed by atoms with Crippen LogP contribution in [-0.2, 0) is 12.8 Å². The lowest BCUT2D eigenvalue weighted by atomic mass is 9.99. The zero-order valence-electron chi connectivity index (χ0n) is 15.2. The van der Waals surface area contributed by atoms with Crippen molar-refractivity contribution in [1.82, 2.24) is 0 Å². The summed E-state index contributed by atoms with van der Waals surface area (Å²) in [4.78, 5) is 0. The first-order chi connectivity index (χ1) is 12.5. The summed E-state index contributed by atoms with van der Waals surface area (Å²) < 4.78 is 0. The van der Waals surface area contributed by atoms with Crippen molar-refractivity contribution in [2.75, 3.05) is 0 Å². The van der Waals surface area contributed by atoms with E-state index < -0.39 is 0 Å². The van der Waals surface area contributed by atoms with Crippen LogP contribution in [0.25, 0.3) is 11.1 Å². The van der Waals surface area contributed by atoms with Crippen LogP contribution in [0, 0.1) is 0 Å². The molecule has 26 heavy (non-hydrogen) atoms. The second-order valence-corrected chi connectivity index (χ2v) is 6.79. The van der Waals surface area contributed by atoms with Crippen molar-refractivity contribution in [3.05, 3.63) is 94.4 Å². The Kier molecular flexibility index (Phi) is 5.43. The summed E-state index contributed by atoms with van der Waals surface area (Å²) in [5.41, 5.74) is 4.98. The smallest absolute Gasteiger partial charge is 0.115 e. The third-order valence-corrected chi connectivity index (χ3v) is 4.66. The van der Waals surface area contributed by atoms with E-state index in [1.807, 2.05) is 24.3 Å². The van der Waals surface area contributed by atoms with Crippen LogP contribution in [0.5, 0.6) is 11.5 Å². The molecule has 0 saturated carbocycles. The molecular formula is C24H24O2. The molecule has 0 atom stereocenters. The van der Waals surface area contributed by atoms with Gasteiger partial charge in [-0.05, 0) is 72.5 Å². The van der Waals surface area contributed by atoms with Gasteiger partial charge in [0.25, 0.3) is 0 Å². The topological polar surface area (TPSA) is 40.5 Å². The van der Waals surface area contributed by atoms with Gasteiger partial charge in [-0.15, -0.1) is 0 Å². The Morgan fingerprint density at radius 2 is 0.923 bits per heavy atom. The van der Waals surface area contributed by atoms with Gasteiger partial charge < -0.3 is 10.2 Å². The first-order valence-corrected chi connectivity index (χ1v) is 8.83. The molecule has 3 rings (SSSR count). The minimum Gasteiger partial charge on any atom is -0.508 e. The second kappa shape index (κ2) is 7.92. The number of benzene rings is 3. The maximum absolute atomic E-state index is 9.46. The highest BCUT2D eigenvalue weighted by Crippen LogP contribution is 2.14. The van der Waals surface area contributed by atoms with Gasteiger partial charge >= 0.3 is 0 Å². The molecule has 0 radical (unpaired) electrons. The van der Waals surface area contributed by atoms with Crippen molar-refractivity contribution in [3.8, 4) is 11.5 Å². The minimum absolute atomic E-state index is 0.296. The van der Waals surface area contributed by atoms with E-state index >= 15 is 0 Å². The summed E-state index contributed by atoms with van der Waals surface area (Å²) >= 11 is 0. The lowest BCUT2D eigenvalue weighted by Gasteiger charge is -2.07. The zero-order chi connectivity index (χ0) is 18.5. The fourth-order valence-electron chi connectivity index (χ4n) is 3.26. The summed E-state index contributed by atoms with van der Waals surface area (Å²) in [5, 5.41) is 21.4. The zero-order valence-corrected chi connectivity index (χ0v) is 15.2. The fourth-order valence-corrected chi connectivity index (χ4v) is 3.26. The third-order valence-electron chi connectivity index (χ3n) is 4.66. The van der Waals surface area contributed by atoms with E-state index in [2.05, 4.69) is 38.1 Å².